The number of aliphatic hydroxyl groups is 1. The second-order valence-corrected chi connectivity index (χ2v) is 6.15. The van der Waals surface area contributed by atoms with Crippen molar-refractivity contribution in [3.05, 3.63) is 35.9 Å². The van der Waals surface area contributed by atoms with Crippen molar-refractivity contribution in [3.63, 3.8) is 0 Å². The monoisotopic (exact) mass is 325 g/mol. The molecule has 1 aliphatic carbocycles. The number of aliphatic hydroxyl groups excluding tert-OH is 1. The summed E-state index contributed by atoms with van der Waals surface area (Å²) in [5.74, 6) is 0.679. The molecule has 2 rings (SSSR count). The van der Waals surface area contributed by atoms with Crippen LogP contribution >= 0.6 is 12.4 Å². The van der Waals surface area contributed by atoms with E-state index in [0.717, 1.165) is 18.4 Å². The zero-order valence-corrected chi connectivity index (χ0v) is 14.1. The number of benzene rings is 1. The van der Waals surface area contributed by atoms with Crippen molar-refractivity contribution in [1.82, 2.24) is 5.32 Å². The molecule has 0 aliphatic heterocycles. The summed E-state index contributed by atoms with van der Waals surface area (Å²) in [4.78, 5) is 12.1. The molecule has 2 N–H and O–H groups in total. The molecular formula is C18H28ClNO2. The first kappa shape index (κ1) is 19.1. The van der Waals surface area contributed by atoms with Crippen molar-refractivity contribution < 1.29 is 9.90 Å². The van der Waals surface area contributed by atoms with E-state index in [1.165, 1.54) is 19.3 Å². The fraction of sp³-hybridized carbons (Fsp3) is 0.611. The molecule has 1 saturated carbocycles. The molecule has 1 aliphatic rings. The molecule has 2 atom stereocenters. The number of ketones is 1. The largest absolute Gasteiger partial charge is 0.387 e. The van der Waals surface area contributed by atoms with Crippen LogP contribution < -0.4 is 5.32 Å². The van der Waals surface area contributed by atoms with Gasteiger partial charge in [-0.05, 0) is 25.3 Å². The molecule has 0 heterocycles. The molecule has 0 spiro atoms. The maximum atomic E-state index is 12.1. The lowest BCUT2D eigenvalue weighted by Crippen LogP contribution is -2.34. The number of hydrogen-bond acceptors (Lipinski definition) is 3. The van der Waals surface area contributed by atoms with Gasteiger partial charge in [-0.1, -0.05) is 49.6 Å². The van der Waals surface area contributed by atoms with Gasteiger partial charge >= 0.3 is 0 Å². The summed E-state index contributed by atoms with van der Waals surface area (Å²) in [6.45, 7) is 2.61. The summed E-state index contributed by atoms with van der Waals surface area (Å²) >= 11 is 0. The normalized spacial score (nSPS) is 18.3. The van der Waals surface area contributed by atoms with Crippen LogP contribution in [0.4, 0.5) is 0 Å². The molecular weight excluding hydrogens is 298 g/mol. The van der Waals surface area contributed by atoms with Crippen molar-refractivity contribution >= 4 is 18.2 Å². The van der Waals surface area contributed by atoms with E-state index >= 15 is 0 Å². The first-order valence-corrected chi connectivity index (χ1v) is 8.17. The predicted octanol–water partition coefficient (Wildman–Crippen LogP) is 3.66. The molecule has 0 aromatic heterocycles. The first-order chi connectivity index (χ1) is 10.2. The summed E-state index contributed by atoms with van der Waals surface area (Å²) in [6.07, 6.45) is 5.87. The first-order valence-electron chi connectivity index (χ1n) is 8.17. The molecule has 0 radical (unpaired) electrons. The van der Waals surface area contributed by atoms with Gasteiger partial charge in [-0.15, -0.1) is 12.4 Å². The van der Waals surface area contributed by atoms with E-state index in [2.05, 4.69) is 5.32 Å². The molecule has 0 saturated heterocycles. The van der Waals surface area contributed by atoms with Gasteiger partial charge < -0.3 is 10.4 Å². The van der Waals surface area contributed by atoms with Crippen LogP contribution in [0, 0.1) is 5.92 Å². The molecule has 0 amide bonds. The zero-order chi connectivity index (χ0) is 15.1. The summed E-state index contributed by atoms with van der Waals surface area (Å²) < 4.78 is 0. The zero-order valence-electron chi connectivity index (χ0n) is 13.3. The van der Waals surface area contributed by atoms with Gasteiger partial charge in [-0.25, -0.2) is 0 Å². The summed E-state index contributed by atoms with van der Waals surface area (Å²) in [5.41, 5.74) is 0.913. The molecule has 0 unspecified atom stereocenters. The Hall–Kier alpha value is -0.900. The Morgan fingerprint density at radius 2 is 1.86 bits per heavy atom. The Balaban J connectivity index is 0.00000242. The van der Waals surface area contributed by atoms with E-state index in [9.17, 15) is 9.90 Å². The molecule has 4 heteroatoms. The van der Waals surface area contributed by atoms with Gasteiger partial charge in [0, 0.05) is 24.9 Å². The van der Waals surface area contributed by atoms with Crippen LogP contribution in [0.15, 0.2) is 30.3 Å². The van der Waals surface area contributed by atoms with Crippen LogP contribution in [0.3, 0.4) is 0 Å². The van der Waals surface area contributed by atoms with Crippen LogP contribution in [-0.2, 0) is 4.79 Å². The van der Waals surface area contributed by atoms with Crippen molar-refractivity contribution in [1.29, 1.82) is 0 Å². The van der Waals surface area contributed by atoms with Crippen LogP contribution in [0.25, 0.3) is 0 Å². The highest BCUT2D eigenvalue weighted by atomic mass is 35.5. The number of nitrogens with one attached hydrogen (secondary N) is 1. The highest BCUT2D eigenvalue weighted by Gasteiger charge is 2.21. The Labute approximate surface area is 139 Å². The summed E-state index contributed by atoms with van der Waals surface area (Å²) in [6, 6.07) is 9.60. The SMILES string of the molecule is C[C@H](NCCC(=O)C1CCCCC1)[C@H](O)c1ccccc1.Cl. The average Bonchev–Trinajstić information content (AvgIpc) is 2.55. The van der Waals surface area contributed by atoms with Gasteiger partial charge in [0.15, 0.2) is 0 Å². The maximum absolute atomic E-state index is 12.1. The van der Waals surface area contributed by atoms with Crippen LogP contribution in [0.1, 0.15) is 57.1 Å². The van der Waals surface area contributed by atoms with Gasteiger partial charge in [0.1, 0.15) is 5.78 Å². The highest BCUT2D eigenvalue weighted by molar-refractivity contribution is 5.85. The van der Waals surface area contributed by atoms with Gasteiger partial charge in [0.2, 0.25) is 0 Å². The number of halogens is 1. The summed E-state index contributed by atoms with van der Waals surface area (Å²) in [5, 5.41) is 13.5. The number of rotatable bonds is 7. The van der Waals surface area contributed by atoms with E-state index in [0.29, 0.717) is 18.7 Å². The third-order valence-electron chi connectivity index (χ3n) is 4.51. The van der Waals surface area contributed by atoms with Crippen LogP contribution in [0.5, 0.6) is 0 Å². The lowest BCUT2D eigenvalue weighted by Gasteiger charge is -2.22. The number of carbonyl (C=O) groups is 1. The standard InChI is InChI=1S/C18H27NO2.ClH/c1-14(18(21)16-10-6-3-7-11-16)19-13-12-17(20)15-8-4-2-5-9-15;/h3,6-7,10-11,14-15,18-19,21H,2,4-5,8-9,12-13H2,1H3;1H/t14-,18-;/m0./s1. The van der Waals surface area contributed by atoms with Crippen molar-refractivity contribution in [2.45, 2.75) is 57.6 Å². The van der Waals surface area contributed by atoms with E-state index in [1.54, 1.807) is 0 Å². The third kappa shape index (κ3) is 5.71. The molecule has 1 aromatic carbocycles. The van der Waals surface area contributed by atoms with Gasteiger partial charge in [0.05, 0.1) is 6.10 Å². The van der Waals surface area contributed by atoms with Crippen LogP contribution in [0.2, 0.25) is 0 Å². The quantitative estimate of drug-likeness (QED) is 0.804. The fourth-order valence-corrected chi connectivity index (χ4v) is 3.10. The maximum Gasteiger partial charge on any atom is 0.137 e. The van der Waals surface area contributed by atoms with E-state index in [-0.39, 0.29) is 24.4 Å². The lowest BCUT2D eigenvalue weighted by molar-refractivity contribution is -0.123. The topological polar surface area (TPSA) is 49.3 Å². The summed E-state index contributed by atoms with van der Waals surface area (Å²) in [7, 11) is 0. The number of Topliss-reactive ketones (excluding diaryl/α,β-unsaturated/α-hetero) is 1. The van der Waals surface area contributed by atoms with Crippen LogP contribution in [-0.4, -0.2) is 23.5 Å². The molecule has 3 nitrogen and oxygen atoms in total. The minimum absolute atomic E-state index is 0. The fourth-order valence-electron chi connectivity index (χ4n) is 3.10. The second kappa shape index (κ2) is 9.98. The van der Waals surface area contributed by atoms with Crippen molar-refractivity contribution in [3.8, 4) is 0 Å². The minimum Gasteiger partial charge on any atom is -0.387 e. The third-order valence-corrected chi connectivity index (χ3v) is 4.51. The van der Waals surface area contributed by atoms with Gasteiger partial charge in [0.25, 0.3) is 0 Å². The second-order valence-electron chi connectivity index (χ2n) is 6.15. The minimum atomic E-state index is -0.531. The molecule has 124 valence electrons. The van der Waals surface area contributed by atoms with E-state index in [4.69, 9.17) is 0 Å². The van der Waals surface area contributed by atoms with Gasteiger partial charge in [-0.2, -0.15) is 0 Å². The van der Waals surface area contributed by atoms with E-state index < -0.39 is 6.10 Å². The average molecular weight is 326 g/mol. The molecule has 1 aromatic rings. The molecule has 1 fully saturated rings. The smallest absolute Gasteiger partial charge is 0.137 e. The highest BCUT2D eigenvalue weighted by Crippen LogP contribution is 2.25. The predicted molar refractivity (Wildman–Crippen MR) is 92.3 cm³/mol. The number of hydrogen-bond donors (Lipinski definition) is 2. The van der Waals surface area contributed by atoms with Gasteiger partial charge in [-0.3, -0.25) is 4.79 Å². The molecule has 0 bridgehead atoms. The Morgan fingerprint density at radius 1 is 1.23 bits per heavy atom. The van der Waals surface area contributed by atoms with E-state index in [1.807, 2.05) is 37.3 Å². The lowest BCUT2D eigenvalue weighted by atomic mass is 9.85. The molecule has 22 heavy (non-hydrogen) atoms. The van der Waals surface area contributed by atoms with Crippen molar-refractivity contribution in [2.75, 3.05) is 6.54 Å². The Kier molecular flexibility index (Phi) is 8.69. The Bertz CT molecular complexity index is 432. The Morgan fingerprint density at radius 3 is 2.50 bits per heavy atom. The van der Waals surface area contributed by atoms with Crippen molar-refractivity contribution in [2.24, 2.45) is 5.92 Å². The number of carbonyl (C=O) groups excluding carboxylic acids is 1.